The van der Waals surface area contributed by atoms with E-state index in [-0.39, 0.29) is 11.7 Å². The largest absolute Gasteiger partial charge is 0.465 e. The Bertz CT molecular complexity index is 684. The Morgan fingerprint density at radius 1 is 1.27 bits per heavy atom. The van der Waals surface area contributed by atoms with Crippen LogP contribution in [0.1, 0.15) is 29.0 Å². The number of ether oxygens (including phenoxy) is 1. The first-order valence-corrected chi connectivity index (χ1v) is 8.95. The molecule has 3 nitrogen and oxygen atoms in total. The molecule has 0 bridgehead atoms. The van der Waals surface area contributed by atoms with Crippen molar-refractivity contribution in [2.45, 2.75) is 19.3 Å². The number of carbonyl (C=O) groups is 2. The van der Waals surface area contributed by atoms with Crippen molar-refractivity contribution in [1.29, 1.82) is 0 Å². The predicted octanol–water partition coefficient (Wildman–Crippen LogP) is 4.13. The first-order chi connectivity index (χ1) is 10.7. The van der Waals surface area contributed by atoms with Crippen molar-refractivity contribution in [3.63, 3.8) is 0 Å². The molecule has 1 aliphatic rings. The zero-order chi connectivity index (χ0) is 15.5. The highest BCUT2D eigenvalue weighted by Crippen LogP contribution is 2.42. The lowest BCUT2D eigenvalue weighted by atomic mass is 9.77. The van der Waals surface area contributed by atoms with Crippen LogP contribution in [0.25, 0.3) is 5.57 Å². The topological polar surface area (TPSA) is 43.4 Å². The second-order valence-corrected chi connectivity index (χ2v) is 7.03. The van der Waals surface area contributed by atoms with Crippen LogP contribution in [0.5, 0.6) is 0 Å². The fraction of sp³-hybridized carbons (Fsp3) is 0.294. The molecule has 0 fully saturated rings. The molecular formula is C17H16O3S2. The quantitative estimate of drug-likeness (QED) is 0.624. The molecule has 2 heterocycles. The van der Waals surface area contributed by atoms with E-state index in [1.54, 1.807) is 35.7 Å². The third kappa shape index (κ3) is 2.91. The molecule has 0 saturated carbocycles. The third-order valence-electron chi connectivity index (χ3n) is 3.75. The lowest BCUT2D eigenvalue weighted by molar-refractivity contribution is -0.151. The zero-order valence-electron chi connectivity index (χ0n) is 12.2. The molecule has 2 atom stereocenters. The number of hydrogen-bond donors (Lipinski definition) is 0. The van der Waals surface area contributed by atoms with Gasteiger partial charge >= 0.3 is 5.97 Å². The minimum absolute atomic E-state index is 0.131. The Labute approximate surface area is 137 Å². The fourth-order valence-corrected chi connectivity index (χ4v) is 4.41. The van der Waals surface area contributed by atoms with Crippen LogP contribution < -0.4 is 0 Å². The standard InChI is InChI=1S/C17H16O3S2/c1-2-20-17(19)16-12(15-6-4-8-22-15)9-11(10-13(16)18)14-5-3-7-21-14/h3-8,10,12,16H,2,9H2,1H3/t12-,16-/m1/s1. The summed E-state index contributed by atoms with van der Waals surface area (Å²) in [5.74, 6) is -1.41. The van der Waals surface area contributed by atoms with Gasteiger partial charge in [0.25, 0.3) is 0 Å². The van der Waals surface area contributed by atoms with Crippen molar-refractivity contribution in [3.8, 4) is 0 Å². The molecule has 5 heteroatoms. The lowest BCUT2D eigenvalue weighted by Crippen LogP contribution is -2.33. The zero-order valence-corrected chi connectivity index (χ0v) is 13.8. The maximum Gasteiger partial charge on any atom is 0.317 e. The van der Waals surface area contributed by atoms with E-state index >= 15 is 0 Å². The van der Waals surface area contributed by atoms with Gasteiger partial charge in [-0.15, -0.1) is 22.7 Å². The van der Waals surface area contributed by atoms with Gasteiger partial charge in [-0.1, -0.05) is 12.1 Å². The molecule has 3 rings (SSSR count). The van der Waals surface area contributed by atoms with Gasteiger partial charge in [-0.3, -0.25) is 9.59 Å². The minimum atomic E-state index is -0.720. The molecule has 0 spiro atoms. The SMILES string of the molecule is CCOC(=O)[C@H]1C(=O)C=C(c2cccs2)C[C@@H]1c1cccs1. The monoisotopic (exact) mass is 332 g/mol. The van der Waals surface area contributed by atoms with E-state index in [1.807, 2.05) is 35.0 Å². The maximum absolute atomic E-state index is 12.6. The van der Waals surface area contributed by atoms with E-state index in [0.717, 1.165) is 15.3 Å². The summed E-state index contributed by atoms with van der Waals surface area (Å²) in [5.41, 5.74) is 1.01. The highest BCUT2D eigenvalue weighted by atomic mass is 32.1. The molecule has 0 N–H and O–H groups in total. The Hall–Kier alpha value is -1.72. The summed E-state index contributed by atoms with van der Waals surface area (Å²) >= 11 is 3.20. The summed E-state index contributed by atoms with van der Waals surface area (Å²) in [5, 5.41) is 3.98. The molecule has 0 radical (unpaired) electrons. The normalized spacial score (nSPS) is 21.5. The summed E-state index contributed by atoms with van der Waals surface area (Å²) in [6.45, 7) is 2.06. The molecule has 114 valence electrons. The van der Waals surface area contributed by atoms with Crippen LogP contribution >= 0.6 is 22.7 Å². The number of rotatable bonds is 4. The molecule has 0 amide bonds. The summed E-state index contributed by atoms with van der Waals surface area (Å²) < 4.78 is 5.12. The van der Waals surface area contributed by atoms with E-state index in [0.29, 0.717) is 13.0 Å². The Balaban J connectivity index is 1.98. The Morgan fingerprint density at radius 3 is 2.68 bits per heavy atom. The predicted molar refractivity (Wildman–Crippen MR) is 89.1 cm³/mol. The molecule has 0 aliphatic heterocycles. The molecular weight excluding hydrogens is 316 g/mol. The second-order valence-electron chi connectivity index (χ2n) is 5.11. The van der Waals surface area contributed by atoms with Crippen LogP contribution in [-0.4, -0.2) is 18.4 Å². The number of thiophene rings is 2. The smallest absolute Gasteiger partial charge is 0.317 e. The molecule has 2 aromatic heterocycles. The average Bonchev–Trinajstić information content (AvgIpc) is 3.20. The number of carbonyl (C=O) groups excluding carboxylic acids is 2. The van der Waals surface area contributed by atoms with Gasteiger partial charge in [0.2, 0.25) is 0 Å². The van der Waals surface area contributed by atoms with Crippen molar-refractivity contribution < 1.29 is 14.3 Å². The first-order valence-electron chi connectivity index (χ1n) is 7.19. The molecule has 1 aliphatic carbocycles. The van der Waals surface area contributed by atoms with Crippen molar-refractivity contribution >= 4 is 40.0 Å². The molecule has 22 heavy (non-hydrogen) atoms. The Kier molecular flexibility index (Phi) is 4.55. The van der Waals surface area contributed by atoms with Gasteiger partial charge in [0.05, 0.1) is 6.61 Å². The minimum Gasteiger partial charge on any atom is -0.465 e. The van der Waals surface area contributed by atoms with Gasteiger partial charge in [-0.05, 0) is 47.9 Å². The first kappa shape index (κ1) is 15.2. The summed E-state index contributed by atoms with van der Waals surface area (Å²) in [6.07, 6.45) is 2.31. The highest BCUT2D eigenvalue weighted by Gasteiger charge is 2.40. The third-order valence-corrected chi connectivity index (χ3v) is 5.70. The van der Waals surface area contributed by atoms with Crippen molar-refractivity contribution in [2.75, 3.05) is 6.61 Å². The van der Waals surface area contributed by atoms with Gasteiger partial charge in [0.1, 0.15) is 5.92 Å². The number of ketones is 1. The van der Waals surface area contributed by atoms with Gasteiger partial charge < -0.3 is 4.74 Å². The van der Waals surface area contributed by atoms with Gasteiger partial charge in [-0.2, -0.15) is 0 Å². The van der Waals surface area contributed by atoms with E-state index in [4.69, 9.17) is 4.74 Å². The van der Waals surface area contributed by atoms with E-state index in [1.165, 1.54) is 0 Å². The van der Waals surface area contributed by atoms with Gasteiger partial charge in [0.15, 0.2) is 5.78 Å². The fourth-order valence-electron chi connectivity index (χ4n) is 2.79. The van der Waals surface area contributed by atoms with Crippen molar-refractivity contribution in [3.05, 3.63) is 50.9 Å². The number of esters is 1. The van der Waals surface area contributed by atoms with E-state index in [2.05, 4.69) is 0 Å². The van der Waals surface area contributed by atoms with Crippen LogP contribution in [0, 0.1) is 5.92 Å². The van der Waals surface area contributed by atoms with Crippen LogP contribution in [0.2, 0.25) is 0 Å². The van der Waals surface area contributed by atoms with Crippen LogP contribution in [0.4, 0.5) is 0 Å². The number of allylic oxidation sites excluding steroid dienone is 2. The van der Waals surface area contributed by atoms with Crippen LogP contribution in [0.3, 0.4) is 0 Å². The maximum atomic E-state index is 12.6. The lowest BCUT2D eigenvalue weighted by Gasteiger charge is -2.28. The van der Waals surface area contributed by atoms with E-state index < -0.39 is 11.9 Å². The van der Waals surface area contributed by atoms with Crippen LogP contribution in [-0.2, 0) is 14.3 Å². The summed E-state index contributed by atoms with van der Waals surface area (Å²) in [7, 11) is 0. The summed E-state index contributed by atoms with van der Waals surface area (Å²) in [4.78, 5) is 27.0. The van der Waals surface area contributed by atoms with Gasteiger partial charge in [-0.25, -0.2) is 0 Å². The van der Waals surface area contributed by atoms with E-state index in [9.17, 15) is 9.59 Å². The number of hydrogen-bond acceptors (Lipinski definition) is 5. The van der Waals surface area contributed by atoms with Gasteiger partial charge in [0, 0.05) is 15.7 Å². The average molecular weight is 332 g/mol. The molecule has 2 aromatic rings. The second kappa shape index (κ2) is 6.58. The molecule has 0 aromatic carbocycles. The highest BCUT2D eigenvalue weighted by molar-refractivity contribution is 7.11. The molecule has 0 saturated heterocycles. The van der Waals surface area contributed by atoms with Crippen LogP contribution in [0.15, 0.2) is 41.1 Å². The summed E-state index contributed by atoms with van der Waals surface area (Å²) in [6, 6.07) is 7.94. The molecule has 0 unspecified atom stereocenters. The van der Waals surface area contributed by atoms with Crippen molar-refractivity contribution in [1.82, 2.24) is 0 Å². The Morgan fingerprint density at radius 2 is 2.05 bits per heavy atom. The van der Waals surface area contributed by atoms with Crippen molar-refractivity contribution in [2.24, 2.45) is 5.92 Å².